The van der Waals surface area contributed by atoms with Gasteiger partial charge >= 0.3 is 5.97 Å². The molecule has 1 unspecified atom stereocenters. The van der Waals surface area contributed by atoms with Gasteiger partial charge in [0.15, 0.2) is 0 Å². The van der Waals surface area contributed by atoms with Crippen LogP contribution in [0.2, 0.25) is 0 Å². The first-order valence-corrected chi connectivity index (χ1v) is 5.15. The third kappa shape index (κ3) is 2.97. The van der Waals surface area contributed by atoms with Crippen molar-refractivity contribution in [3.05, 3.63) is 29.3 Å². The van der Waals surface area contributed by atoms with E-state index in [0.29, 0.717) is 12.1 Å². The summed E-state index contributed by atoms with van der Waals surface area (Å²) in [6, 6.07) is 5.27. The van der Waals surface area contributed by atoms with E-state index in [1.54, 1.807) is 6.07 Å². The Hall–Kier alpha value is -1.55. The van der Waals surface area contributed by atoms with Gasteiger partial charge in [-0.15, -0.1) is 0 Å². The second-order valence-corrected chi connectivity index (χ2v) is 3.78. The van der Waals surface area contributed by atoms with Crippen LogP contribution in [0.4, 0.5) is 0 Å². The molecular weight excluding hydrogens is 206 g/mol. The molecular formula is C12H17NO3. The quantitative estimate of drug-likeness (QED) is 0.755. The number of phenolic OH excluding ortho intramolecular Hbond substituents is 1. The number of esters is 1. The molecule has 0 fully saturated rings. The standard InChI is InChI=1S/C12H17NO3/c1-8-3-4-11(14)10(5-8)9(7-13)6-12(15)16-2/h3-5,9,14H,6-7,13H2,1-2H3. The predicted octanol–water partition coefficient (Wildman–Crippen LogP) is 1.31. The highest BCUT2D eigenvalue weighted by Crippen LogP contribution is 2.28. The van der Waals surface area contributed by atoms with E-state index in [4.69, 9.17) is 5.73 Å². The third-order valence-corrected chi connectivity index (χ3v) is 2.55. The van der Waals surface area contributed by atoms with Crippen molar-refractivity contribution in [3.63, 3.8) is 0 Å². The molecule has 4 nitrogen and oxygen atoms in total. The van der Waals surface area contributed by atoms with Gasteiger partial charge < -0.3 is 15.6 Å². The number of carbonyl (C=O) groups excluding carboxylic acids is 1. The summed E-state index contributed by atoms with van der Waals surface area (Å²) in [5, 5.41) is 9.71. The van der Waals surface area contributed by atoms with Gasteiger partial charge in [0, 0.05) is 5.92 Å². The molecule has 1 rings (SSSR count). The lowest BCUT2D eigenvalue weighted by Crippen LogP contribution is -2.17. The topological polar surface area (TPSA) is 72.5 Å². The summed E-state index contributed by atoms with van der Waals surface area (Å²) in [6.07, 6.45) is 0.185. The molecule has 0 aliphatic heterocycles. The first-order valence-electron chi connectivity index (χ1n) is 5.15. The van der Waals surface area contributed by atoms with Crippen LogP contribution in [-0.2, 0) is 9.53 Å². The molecule has 0 radical (unpaired) electrons. The number of hydrogen-bond donors (Lipinski definition) is 2. The second kappa shape index (κ2) is 5.51. The van der Waals surface area contributed by atoms with E-state index in [-0.39, 0.29) is 24.1 Å². The molecule has 0 heterocycles. The van der Waals surface area contributed by atoms with E-state index in [9.17, 15) is 9.90 Å². The van der Waals surface area contributed by atoms with Crippen molar-refractivity contribution >= 4 is 5.97 Å². The number of carbonyl (C=O) groups is 1. The molecule has 16 heavy (non-hydrogen) atoms. The summed E-state index contributed by atoms with van der Waals surface area (Å²) in [4.78, 5) is 11.2. The zero-order valence-corrected chi connectivity index (χ0v) is 9.56. The molecule has 0 spiro atoms. The minimum Gasteiger partial charge on any atom is -0.508 e. The van der Waals surface area contributed by atoms with Gasteiger partial charge in [0.05, 0.1) is 13.5 Å². The molecule has 1 aromatic carbocycles. The van der Waals surface area contributed by atoms with E-state index in [1.165, 1.54) is 7.11 Å². The number of nitrogens with two attached hydrogens (primary N) is 1. The lowest BCUT2D eigenvalue weighted by Gasteiger charge is -2.15. The minimum atomic E-state index is -0.323. The maximum absolute atomic E-state index is 11.2. The zero-order chi connectivity index (χ0) is 12.1. The first kappa shape index (κ1) is 12.5. The third-order valence-electron chi connectivity index (χ3n) is 2.55. The Morgan fingerprint density at radius 1 is 1.56 bits per heavy atom. The zero-order valence-electron chi connectivity index (χ0n) is 9.56. The Bertz CT molecular complexity index is 377. The normalized spacial score (nSPS) is 12.2. The number of ether oxygens (including phenoxy) is 1. The molecule has 1 atom stereocenters. The van der Waals surface area contributed by atoms with Crippen LogP contribution in [0.5, 0.6) is 5.75 Å². The fraction of sp³-hybridized carbons (Fsp3) is 0.417. The highest BCUT2D eigenvalue weighted by atomic mass is 16.5. The lowest BCUT2D eigenvalue weighted by atomic mass is 9.93. The summed E-state index contributed by atoms with van der Waals surface area (Å²) in [7, 11) is 1.34. The van der Waals surface area contributed by atoms with Crippen LogP contribution in [-0.4, -0.2) is 24.7 Å². The molecule has 0 aliphatic carbocycles. The van der Waals surface area contributed by atoms with E-state index >= 15 is 0 Å². The van der Waals surface area contributed by atoms with Crippen LogP contribution in [0, 0.1) is 6.92 Å². The molecule has 1 aromatic rings. The van der Waals surface area contributed by atoms with Crippen molar-refractivity contribution in [1.29, 1.82) is 0 Å². The Labute approximate surface area is 95.0 Å². The van der Waals surface area contributed by atoms with Crippen LogP contribution >= 0.6 is 0 Å². The fourth-order valence-corrected chi connectivity index (χ4v) is 1.61. The molecule has 0 saturated heterocycles. The summed E-state index contributed by atoms with van der Waals surface area (Å²) in [6.45, 7) is 2.22. The Morgan fingerprint density at radius 3 is 2.81 bits per heavy atom. The van der Waals surface area contributed by atoms with Gasteiger partial charge in [0.2, 0.25) is 0 Å². The predicted molar refractivity (Wildman–Crippen MR) is 61.3 cm³/mol. The number of aromatic hydroxyl groups is 1. The number of benzene rings is 1. The van der Waals surface area contributed by atoms with Gasteiger partial charge in [-0.2, -0.15) is 0 Å². The van der Waals surface area contributed by atoms with Gasteiger partial charge in [-0.3, -0.25) is 4.79 Å². The smallest absolute Gasteiger partial charge is 0.306 e. The molecule has 3 N–H and O–H groups in total. The fourth-order valence-electron chi connectivity index (χ4n) is 1.61. The molecule has 0 aliphatic rings. The van der Waals surface area contributed by atoms with E-state index in [0.717, 1.165) is 5.56 Å². The van der Waals surface area contributed by atoms with Crippen molar-refractivity contribution in [1.82, 2.24) is 0 Å². The average molecular weight is 223 g/mol. The molecule has 88 valence electrons. The number of methoxy groups -OCH3 is 1. The largest absolute Gasteiger partial charge is 0.508 e. The van der Waals surface area contributed by atoms with Gasteiger partial charge in [-0.05, 0) is 25.1 Å². The van der Waals surface area contributed by atoms with Crippen molar-refractivity contribution < 1.29 is 14.6 Å². The average Bonchev–Trinajstić information content (AvgIpc) is 2.29. The molecule has 0 aromatic heterocycles. The monoisotopic (exact) mass is 223 g/mol. The Balaban J connectivity index is 2.94. The van der Waals surface area contributed by atoms with Crippen molar-refractivity contribution in [2.75, 3.05) is 13.7 Å². The van der Waals surface area contributed by atoms with E-state index < -0.39 is 0 Å². The van der Waals surface area contributed by atoms with Gasteiger partial charge in [0.25, 0.3) is 0 Å². The number of rotatable bonds is 4. The van der Waals surface area contributed by atoms with Gasteiger partial charge in [-0.25, -0.2) is 0 Å². The number of phenols is 1. The molecule has 0 saturated carbocycles. The maximum atomic E-state index is 11.2. The van der Waals surface area contributed by atoms with Crippen molar-refractivity contribution in [2.24, 2.45) is 5.73 Å². The number of hydrogen-bond acceptors (Lipinski definition) is 4. The van der Waals surface area contributed by atoms with Crippen molar-refractivity contribution in [2.45, 2.75) is 19.3 Å². The molecule has 0 amide bonds. The SMILES string of the molecule is COC(=O)CC(CN)c1cc(C)ccc1O. The lowest BCUT2D eigenvalue weighted by molar-refractivity contribution is -0.141. The summed E-state index contributed by atoms with van der Waals surface area (Å²) in [5.74, 6) is -0.353. The van der Waals surface area contributed by atoms with E-state index in [1.807, 2.05) is 19.1 Å². The van der Waals surface area contributed by atoms with Crippen LogP contribution in [0.25, 0.3) is 0 Å². The molecule has 4 heteroatoms. The highest BCUT2D eigenvalue weighted by Gasteiger charge is 2.18. The first-order chi connectivity index (χ1) is 7.58. The minimum absolute atomic E-state index is 0.171. The van der Waals surface area contributed by atoms with E-state index in [2.05, 4.69) is 4.74 Å². The van der Waals surface area contributed by atoms with Crippen LogP contribution in [0.1, 0.15) is 23.5 Å². The van der Waals surface area contributed by atoms with Crippen LogP contribution in [0.3, 0.4) is 0 Å². The summed E-state index contributed by atoms with van der Waals surface area (Å²) in [5.41, 5.74) is 7.33. The number of aryl methyl sites for hydroxylation is 1. The summed E-state index contributed by atoms with van der Waals surface area (Å²) < 4.78 is 4.60. The van der Waals surface area contributed by atoms with Gasteiger partial charge in [0.1, 0.15) is 5.75 Å². The maximum Gasteiger partial charge on any atom is 0.306 e. The second-order valence-electron chi connectivity index (χ2n) is 3.78. The highest BCUT2D eigenvalue weighted by molar-refractivity contribution is 5.70. The summed E-state index contributed by atoms with van der Waals surface area (Å²) >= 11 is 0. The Kier molecular flexibility index (Phi) is 4.31. The van der Waals surface area contributed by atoms with Gasteiger partial charge in [-0.1, -0.05) is 17.7 Å². The van der Waals surface area contributed by atoms with Crippen LogP contribution in [0.15, 0.2) is 18.2 Å². The Morgan fingerprint density at radius 2 is 2.25 bits per heavy atom. The molecule has 0 bridgehead atoms. The van der Waals surface area contributed by atoms with Crippen LogP contribution < -0.4 is 5.73 Å². The van der Waals surface area contributed by atoms with Crippen molar-refractivity contribution in [3.8, 4) is 5.75 Å².